The third-order valence-electron chi connectivity index (χ3n) is 9.81. The lowest BCUT2D eigenvalue weighted by Crippen LogP contribution is -2.45. The summed E-state index contributed by atoms with van der Waals surface area (Å²) in [4.78, 5) is 100.0. The van der Waals surface area contributed by atoms with Crippen LogP contribution in [0.4, 0.5) is 22.7 Å². The van der Waals surface area contributed by atoms with Gasteiger partial charge in [-0.15, -0.1) is 0 Å². The molecule has 4 aromatic rings. The predicted molar refractivity (Wildman–Crippen MR) is 230 cm³/mol. The van der Waals surface area contributed by atoms with E-state index in [9.17, 15) is 38.4 Å². The van der Waals surface area contributed by atoms with Crippen molar-refractivity contribution in [2.45, 2.75) is 64.8 Å². The Morgan fingerprint density at radius 3 is 1.77 bits per heavy atom. The van der Waals surface area contributed by atoms with Crippen molar-refractivity contribution in [3.05, 3.63) is 96.6 Å². The third-order valence-corrected chi connectivity index (χ3v) is 9.81. The number of aryl methyl sites for hydroxylation is 2. The summed E-state index contributed by atoms with van der Waals surface area (Å²) in [6.45, 7) is 3.51. The van der Waals surface area contributed by atoms with Crippen LogP contribution in [0.1, 0.15) is 79.8 Å². The molecule has 1 atom stereocenters. The summed E-state index contributed by atoms with van der Waals surface area (Å²) in [6, 6.07) is 16.2. The zero-order valence-electron chi connectivity index (χ0n) is 34.6. The van der Waals surface area contributed by atoms with Crippen LogP contribution >= 0.6 is 0 Å². The van der Waals surface area contributed by atoms with E-state index in [4.69, 9.17) is 0 Å². The van der Waals surface area contributed by atoms with Gasteiger partial charge in [-0.2, -0.15) is 0 Å². The Balaban J connectivity index is 1.03. The van der Waals surface area contributed by atoms with Gasteiger partial charge in [-0.25, -0.2) is 0 Å². The number of rotatable bonds is 20. The molecule has 61 heavy (non-hydrogen) atoms. The van der Waals surface area contributed by atoms with Crippen molar-refractivity contribution in [3.63, 3.8) is 0 Å². The lowest BCUT2D eigenvalue weighted by molar-refractivity contribution is -0.137. The lowest BCUT2D eigenvalue weighted by Gasteiger charge is -2.15. The zero-order chi connectivity index (χ0) is 44.1. The largest absolute Gasteiger partial charge is 0.347 e. The molecule has 1 aliphatic heterocycles. The van der Waals surface area contributed by atoms with Crippen LogP contribution < -0.4 is 31.9 Å². The summed E-state index contributed by atoms with van der Waals surface area (Å²) in [6.07, 6.45) is 9.99. The number of nitrogens with one attached hydrogen (secondary N) is 6. The molecule has 2 aromatic heterocycles. The third kappa shape index (κ3) is 12.8. The number of carbonyl (C=O) groups excluding carboxylic acids is 8. The molecule has 1 aliphatic rings. The molecule has 6 N–H and O–H groups in total. The fourth-order valence-corrected chi connectivity index (χ4v) is 6.40. The van der Waals surface area contributed by atoms with Gasteiger partial charge in [-0.1, -0.05) is 31.9 Å². The number of unbranched alkanes of at least 4 members (excludes halogenated alkanes) is 3. The fourth-order valence-electron chi connectivity index (χ4n) is 6.40. The molecule has 17 heteroatoms. The van der Waals surface area contributed by atoms with Crippen LogP contribution in [0, 0.1) is 0 Å². The van der Waals surface area contributed by atoms with Gasteiger partial charge in [-0.3, -0.25) is 43.3 Å². The molecule has 5 rings (SSSR count). The van der Waals surface area contributed by atoms with Gasteiger partial charge in [0.2, 0.25) is 23.6 Å². The molecule has 0 bridgehead atoms. The topological polar surface area (TPSA) is 222 Å². The zero-order valence-corrected chi connectivity index (χ0v) is 34.6. The molecule has 8 amide bonds. The maximum absolute atomic E-state index is 13.3. The molecule has 320 valence electrons. The van der Waals surface area contributed by atoms with E-state index in [0.717, 1.165) is 28.9 Å². The quantitative estimate of drug-likeness (QED) is 0.0540. The van der Waals surface area contributed by atoms with Crippen molar-refractivity contribution >= 4 is 70.0 Å². The maximum atomic E-state index is 13.3. The summed E-state index contributed by atoms with van der Waals surface area (Å²) in [5, 5.41) is 16.3. The Bertz CT molecular complexity index is 2290. The van der Waals surface area contributed by atoms with E-state index >= 15 is 0 Å². The first kappa shape index (κ1) is 44.8. The van der Waals surface area contributed by atoms with Crippen LogP contribution in [-0.4, -0.2) is 80.4 Å². The van der Waals surface area contributed by atoms with Crippen LogP contribution in [0.2, 0.25) is 0 Å². The van der Waals surface area contributed by atoms with Gasteiger partial charge in [0.1, 0.15) is 17.4 Å². The average molecular weight is 834 g/mol. The lowest BCUT2D eigenvalue weighted by atomic mass is 10.1. The normalized spacial score (nSPS) is 12.5. The second-order valence-corrected chi connectivity index (χ2v) is 14.7. The number of benzene rings is 2. The number of hydrogen-bond donors (Lipinski definition) is 6. The minimum absolute atomic E-state index is 0.0945. The Hall–Kier alpha value is -7.30. The molecule has 3 heterocycles. The van der Waals surface area contributed by atoms with Crippen LogP contribution in [0.5, 0.6) is 0 Å². The minimum atomic E-state index is -0.907. The molecular weight excluding hydrogens is 783 g/mol. The highest BCUT2D eigenvalue weighted by Crippen LogP contribution is 2.25. The Morgan fingerprint density at radius 2 is 1.15 bits per heavy atom. The van der Waals surface area contributed by atoms with Gasteiger partial charge in [-0.05, 0) is 80.3 Å². The van der Waals surface area contributed by atoms with E-state index in [0.29, 0.717) is 59.8 Å². The average Bonchev–Trinajstić information content (AvgIpc) is 3.91. The highest BCUT2D eigenvalue weighted by atomic mass is 16.2. The van der Waals surface area contributed by atoms with Gasteiger partial charge in [0.05, 0.1) is 12.2 Å². The van der Waals surface area contributed by atoms with Gasteiger partial charge < -0.3 is 41.0 Å². The monoisotopic (exact) mass is 833 g/mol. The van der Waals surface area contributed by atoms with E-state index < -0.39 is 17.9 Å². The van der Waals surface area contributed by atoms with E-state index in [2.05, 4.69) is 31.9 Å². The number of anilines is 4. The van der Waals surface area contributed by atoms with Crippen molar-refractivity contribution in [1.82, 2.24) is 24.7 Å². The molecule has 0 radical (unpaired) electrons. The van der Waals surface area contributed by atoms with Crippen LogP contribution in [-0.2, 0) is 42.9 Å². The summed E-state index contributed by atoms with van der Waals surface area (Å²) in [5.41, 5.74) is 4.46. The molecular formula is C44H51N9O8. The number of carbonyl (C=O) groups is 8. The summed E-state index contributed by atoms with van der Waals surface area (Å²) in [5.74, 6) is -2.81. The first-order valence-electron chi connectivity index (χ1n) is 20.1. The highest BCUT2D eigenvalue weighted by molar-refractivity contribution is 6.13. The molecule has 0 saturated heterocycles. The van der Waals surface area contributed by atoms with Crippen LogP contribution in [0.3, 0.4) is 0 Å². The minimum Gasteiger partial charge on any atom is -0.347 e. The molecule has 0 saturated carbocycles. The Labute approximate surface area is 353 Å². The second-order valence-electron chi connectivity index (χ2n) is 14.7. The second kappa shape index (κ2) is 21.1. The van der Waals surface area contributed by atoms with E-state index in [-0.39, 0.29) is 55.0 Å². The van der Waals surface area contributed by atoms with Crippen molar-refractivity contribution in [1.29, 1.82) is 0 Å². The number of nitrogens with zero attached hydrogens (tertiary/aromatic N) is 3. The van der Waals surface area contributed by atoms with E-state index in [1.54, 1.807) is 78.0 Å². The fraction of sp³-hybridized carbons (Fsp3) is 0.318. The Kier molecular flexibility index (Phi) is 15.5. The van der Waals surface area contributed by atoms with Gasteiger partial charge >= 0.3 is 0 Å². The maximum Gasteiger partial charge on any atom is 0.272 e. The summed E-state index contributed by atoms with van der Waals surface area (Å²) in [7, 11) is 3.49. The number of hydrogen-bond acceptors (Lipinski definition) is 8. The van der Waals surface area contributed by atoms with Crippen LogP contribution in [0.15, 0.2) is 85.2 Å². The SMILES string of the molecule is CCCCC(=O)Nc1cc(C(=O)Nc2ccc(-c3cc(C(=O)Nc4ccc(NC(=O)C(C)NC(=O)CNC(=O)CCCCCN5C(=O)C=CC5=O)cc4)n(C)c3)cc2)n(C)c1. The Morgan fingerprint density at radius 1 is 0.590 bits per heavy atom. The molecule has 17 nitrogen and oxygen atoms in total. The number of amides is 8. The standard InChI is InChI=1S/C44H51N9O8/c1-5-6-10-38(55)47-34-24-36(52(4)27-34)44(61)49-31-14-12-29(13-15-31)30-23-35(51(3)26-30)43(60)50-33-18-16-32(17-19-33)48-42(59)28(2)46-39(56)25-45-37(54)11-8-7-9-22-53-40(57)20-21-41(53)58/h12-21,23-24,26-28H,5-11,22,25H2,1-4H3,(H,45,54)(H,46,56)(H,47,55)(H,48,59)(H,49,61)(H,50,60). The van der Waals surface area contributed by atoms with Crippen molar-refractivity contribution in [2.24, 2.45) is 14.1 Å². The van der Waals surface area contributed by atoms with Crippen molar-refractivity contribution in [2.75, 3.05) is 34.4 Å². The summed E-state index contributed by atoms with van der Waals surface area (Å²) >= 11 is 0. The predicted octanol–water partition coefficient (Wildman–Crippen LogP) is 4.71. The number of aromatic nitrogens is 2. The van der Waals surface area contributed by atoms with Gasteiger partial charge in [0, 0.05) is 80.7 Å². The van der Waals surface area contributed by atoms with E-state index in [1.807, 2.05) is 25.3 Å². The molecule has 0 spiro atoms. The highest BCUT2D eigenvalue weighted by Gasteiger charge is 2.23. The molecule has 1 unspecified atom stereocenters. The molecule has 2 aromatic carbocycles. The molecule has 0 aliphatic carbocycles. The first-order chi connectivity index (χ1) is 29.2. The van der Waals surface area contributed by atoms with Gasteiger partial charge in [0.25, 0.3) is 23.6 Å². The van der Waals surface area contributed by atoms with Crippen LogP contribution in [0.25, 0.3) is 11.1 Å². The molecule has 0 fully saturated rings. The van der Waals surface area contributed by atoms with E-state index in [1.165, 1.54) is 19.1 Å². The van der Waals surface area contributed by atoms with Crippen molar-refractivity contribution in [3.8, 4) is 11.1 Å². The van der Waals surface area contributed by atoms with Crippen molar-refractivity contribution < 1.29 is 38.4 Å². The smallest absolute Gasteiger partial charge is 0.272 e. The van der Waals surface area contributed by atoms with Gasteiger partial charge in [0.15, 0.2) is 0 Å². The number of imide groups is 1. The summed E-state index contributed by atoms with van der Waals surface area (Å²) < 4.78 is 3.36. The first-order valence-corrected chi connectivity index (χ1v) is 20.1.